The van der Waals surface area contributed by atoms with Crippen LogP contribution in [-0.4, -0.2) is 75.8 Å². The van der Waals surface area contributed by atoms with Crippen molar-refractivity contribution >= 4 is 39.7 Å². The average molecular weight is 824 g/mol. The number of hydrogen-bond acceptors (Lipinski definition) is 8. The van der Waals surface area contributed by atoms with Crippen LogP contribution in [0.15, 0.2) is 59.7 Å². The van der Waals surface area contributed by atoms with Crippen LogP contribution >= 0.6 is 0 Å². The second-order valence-corrected chi connectivity index (χ2v) is 16.3. The lowest BCUT2D eigenvalue weighted by molar-refractivity contribution is -0.135. The van der Waals surface area contributed by atoms with Crippen molar-refractivity contribution in [3.8, 4) is 17.0 Å². The summed E-state index contributed by atoms with van der Waals surface area (Å²) in [6.45, 7) is 3.59. The van der Waals surface area contributed by atoms with Crippen molar-refractivity contribution in [1.29, 1.82) is 0 Å². The number of nitrogens with zero attached hydrogens (tertiary/aromatic N) is 7. The van der Waals surface area contributed by atoms with Crippen molar-refractivity contribution < 1.29 is 32.7 Å². The molecule has 6 aromatic rings. The minimum Gasteiger partial charge on any atom is -0.503 e. The summed E-state index contributed by atoms with van der Waals surface area (Å²) >= 11 is 0. The van der Waals surface area contributed by atoms with Gasteiger partial charge in [0.05, 0.1) is 40.4 Å². The van der Waals surface area contributed by atoms with Crippen LogP contribution in [0.2, 0.25) is 0 Å². The third-order valence-corrected chi connectivity index (χ3v) is 12.4. The van der Waals surface area contributed by atoms with Gasteiger partial charge in [-0.3, -0.25) is 38.4 Å². The van der Waals surface area contributed by atoms with Gasteiger partial charge in [-0.05, 0) is 87.2 Å². The van der Waals surface area contributed by atoms with E-state index in [1.807, 2.05) is 22.9 Å². The predicted molar refractivity (Wildman–Crippen MR) is 214 cm³/mol. The van der Waals surface area contributed by atoms with Crippen LogP contribution in [0, 0.1) is 23.4 Å². The normalized spacial score (nSPS) is 19.8. The molecule has 1 saturated heterocycles. The SMILES string of the molecule is Cn1c(=O)n([C@@H]2CCC(=O)NC2=O)c2ccc(CCCN3CCn4cc(-c5ccc6cn(C7CCC(CNC(=O)c8cc(F)c(O)c(F)c8F)CC7)nc6c5)nc4C3)cc21. The molecule has 312 valence electrons. The summed E-state index contributed by atoms with van der Waals surface area (Å²) in [6.07, 6.45) is 9.61. The molecule has 0 unspecified atom stereocenters. The largest absolute Gasteiger partial charge is 0.503 e. The summed E-state index contributed by atoms with van der Waals surface area (Å²) < 4.78 is 48.9. The number of amides is 3. The van der Waals surface area contributed by atoms with E-state index < -0.39 is 46.6 Å². The van der Waals surface area contributed by atoms with Crippen LogP contribution in [0.1, 0.15) is 78.8 Å². The second kappa shape index (κ2) is 15.7. The molecule has 2 fully saturated rings. The number of imide groups is 1. The number of aromatic nitrogens is 6. The molecule has 2 aliphatic heterocycles. The van der Waals surface area contributed by atoms with Gasteiger partial charge in [0.15, 0.2) is 17.4 Å². The van der Waals surface area contributed by atoms with E-state index in [2.05, 4.69) is 50.7 Å². The summed E-state index contributed by atoms with van der Waals surface area (Å²) in [5.74, 6) is -6.79. The molecule has 9 rings (SSSR count). The van der Waals surface area contributed by atoms with Crippen molar-refractivity contribution in [3.05, 3.63) is 99.7 Å². The van der Waals surface area contributed by atoms with Crippen LogP contribution in [0.5, 0.6) is 5.75 Å². The maximum Gasteiger partial charge on any atom is 0.329 e. The maximum atomic E-state index is 14.2. The Morgan fingerprint density at radius 3 is 2.57 bits per heavy atom. The molecule has 14 nitrogen and oxygen atoms in total. The monoisotopic (exact) mass is 823 g/mol. The number of aryl methyl sites for hydroxylation is 2. The Labute approximate surface area is 341 Å². The molecule has 3 aromatic heterocycles. The Morgan fingerprint density at radius 1 is 0.950 bits per heavy atom. The van der Waals surface area contributed by atoms with Gasteiger partial charge in [-0.25, -0.2) is 18.6 Å². The third-order valence-electron chi connectivity index (χ3n) is 12.4. The standard InChI is InChI=1S/C43H44F3N9O5/c1-51-35-17-24(6-11-33(35)55(43(51)60)34-12-13-37(56)49-42(34)59)3-2-14-52-15-16-53-22-32(48-36(53)23-52)26-7-8-27-21-54(50-31(27)18-26)28-9-4-25(5-10-28)20-47-41(58)29-19-30(44)40(57)39(46)38(29)45/h6-8,11,17-19,21-22,25,28,34,57H,2-5,9-10,12-16,20,23H2,1H3,(H,47,58)(H,49,56,59)/t25?,28?,34-/m1/s1. The smallest absolute Gasteiger partial charge is 0.329 e. The zero-order valence-electron chi connectivity index (χ0n) is 33.0. The Morgan fingerprint density at radius 2 is 1.77 bits per heavy atom. The van der Waals surface area contributed by atoms with E-state index in [4.69, 9.17) is 10.1 Å². The predicted octanol–water partition coefficient (Wildman–Crippen LogP) is 5.26. The number of halogens is 3. The second-order valence-electron chi connectivity index (χ2n) is 16.3. The summed E-state index contributed by atoms with van der Waals surface area (Å²) in [5.41, 5.74) is 4.25. The maximum absolute atomic E-state index is 14.2. The van der Waals surface area contributed by atoms with Gasteiger partial charge in [0.2, 0.25) is 17.6 Å². The zero-order chi connectivity index (χ0) is 41.8. The van der Waals surface area contributed by atoms with Gasteiger partial charge >= 0.3 is 5.69 Å². The quantitative estimate of drug-likeness (QED) is 0.125. The van der Waals surface area contributed by atoms with E-state index in [0.717, 1.165) is 104 Å². The Hall–Kier alpha value is -6.23. The minimum absolute atomic E-state index is 0.112. The van der Waals surface area contributed by atoms with Crippen molar-refractivity contribution in [2.24, 2.45) is 13.0 Å². The first-order valence-corrected chi connectivity index (χ1v) is 20.4. The van der Waals surface area contributed by atoms with Crippen LogP contribution < -0.4 is 16.3 Å². The topological polar surface area (TPSA) is 161 Å². The lowest BCUT2D eigenvalue weighted by Gasteiger charge is -2.28. The molecule has 1 atom stereocenters. The van der Waals surface area contributed by atoms with E-state index >= 15 is 0 Å². The van der Waals surface area contributed by atoms with Crippen molar-refractivity contribution in [3.63, 3.8) is 0 Å². The number of imidazole rings is 2. The Kier molecular flexibility index (Phi) is 10.3. The Bertz CT molecular complexity index is 2750. The highest BCUT2D eigenvalue weighted by Gasteiger charge is 2.32. The first-order valence-electron chi connectivity index (χ1n) is 20.4. The number of aromatic hydroxyl groups is 1. The minimum atomic E-state index is -1.79. The molecular formula is C43H44F3N9O5. The molecule has 3 amide bonds. The lowest BCUT2D eigenvalue weighted by atomic mass is 9.86. The van der Waals surface area contributed by atoms with Gasteiger partial charge in [-0.1, -0.05) is 18.2 Å². The number of carbonyl (C=O) groups is 3. The van der Waals surface area contributed by atoms with Gasteiger partial charge in [0, 0.05) is 56.4 Å². The van der Waals surface area contributed by atoms with Crippen LogP contribution in [0.3, 0.4) is 0 Å². The number of carbonyl (C=O) groups excluding carboxylic acids is 3. The van der Waals surface area contributed by atoms with Gasteiger partial charge < -0.3 is 15.0 Å². The molecule has 0 radical (unpaired) electrons. The third kappa shape index (κ3) is 7.35. The number of nitrogens with one attached hydrogen (secondary N) is 2. The van der Waals surface area contributed by atoms with Gasteiger partial charge in [-0.15, -0.1) is 0 Å². The van der Waals surface area contributed by atoms with E-state index in [-0.39, 0.29) is 36.5 Å². The summed E-state index contributed by atoms with van der Waals surface area (Å²) in [5, 5.41) is 20.1. The number of benzene rings is 3. The molecule has 0 spiro atoms. The fourth-order valence-electron chi connectivity index (χ4n) is 9.01. The number of fused-ring (bicyclic) bond motifs is 3. The number of rotatable bonds is 10. The molecular weight excluding hydrogens is 780 g/mol. The summed E-state index contributed by atoms with van der Waals surface area (Å²) in [6, 6.07) is 12.1. The van der Waals surface area contributed by atoms with Crippen molar-refractivity contribution in [2.45, 2.75) is 76.5 Å². The van der Waals surface area contributed by atoms with E-state index in [9.17, 15) is 37.5 Å². The average Bonchev–Trinajstić information content (AvgIpc) is 3.94. The fraction of sp³-hybridized carbons (Fsp3) is 0.395. The van der Waals surface area contributed by atoms with E-state index in [0.29, 0.717) is 18.0 Å². The first-order chi connectivity index (χ1) is 28.9. The lowest BCUT2D eigenvalue weighted by Crippen LogP contribution is -2.44. The van der Waals surface area contributed by atoms with Crippen molar-refractivity contribution in [1.82, 2.24) is 44.0 Å². The molecule has 17 heteroatoms. The van der Waals surface area contributed by atoms with Gasteiger partial charge in [-0.2, -0.15) is 9.49 Å². The molecule has 1 saturated carbocycles. The van der Waals surface area contributed by atoms with E-state index in [1.54, 1.807) is 11.6 Å². The summed E-state index contributed by atoms with van der Waals surface area (Å²) in [7, 11) is 1.71. The van der Waals surface area contributed by atoms with E-state index in [1.165, 1.54) is 4.57 Å². The molecule has 3 N–H and O–H groups in total. The van der Waals surface area contributed by atoms with Gasteiger partial charge in [0.1, 0.15) is 11.9 Å². The van der Waals surface area contributed by atoms with Crippen molar-refractivity contribution in [2.75, 3.05) is 19.6 Å². The molecule has 3 aliphatic rings. The summed E-state index contributed by atoms with van der Waals surface area (Å²) in [4.78, 5) is 57.3. The molecule has 60 heavy (non-hydrogen) atoms. The van der Waals surface area contributed by atoms with Crippen LogP contribution in [-0.2, 0) is 36.1 Å². The number of phenolic OH excluding ortho intramolecular Hbond substituents is 1. The molecule has 3 aromatic carbocycles. The van der Waals surface area contributed by atoms with Crippen LogP contribution in [0.25, 0.3) is 33.2 Å². The highest BCUT2D eigenvalue weighted by atomic mass is 19.2. The molecule has 5 heterocycles. The van der Waals surface area contributed by atoms with Crippen LogP contribution in [0.4, 0.5) is 13.2 Å². The fourth-order valence-corrected chi connectivity index (χ4v) is 9.01. The molecule has 0 bridgehead atoms. The number of phenols is 1. The first kappa shape index (κ1) is 39.2. The zero-order valence-corrected chi connectivity index (χ0v) is 33.0. The molecule has 1 aliphatic carbocycles. The Balaban J connectivity index is 0.781. The highest BCUT2D eigenvalue weighted by molar-refractivity contribution is 6.00. The van der Waals surface area contributed by atoms with Gasteiger partial charge in [0.25, 0.3) is 5.91 Å². The highest BCUT2D eigenvalue weighted by Crippen LogP contribution is 2.34. The number of piperidine rings is 1. The number of hydrogen-bond donors (Lipinski definition) is 3.